The molecular weight excluding hydrogens is 270 g/mol. The number of hydrogen-bond acceptors (Lipinski definition) is 3. The van der Waals surface area contributed by atoms with Gasteiger partial charge in [-0.3, -0.25) is 9.78 Å². The van der Waals surface area contributed by atoms with Crippen molar-refractivity contribution in [1.82, 2.24) is 9.55 Å². The zero-order valence-electron chi connectivity index (χ0n) is 8.43. The van der Waals surface area contributed by atoms with Crippen LogP contribution in [-0.2, 0) is 6.54 Å². The van der Waals surface area contributed by atoms with Gasteiger partial charge in [0.2, 0.25) is 0 Å². The highest BCUT2D eigenvalue weighted by Crippen LogP contribution is 2.09. The molecule has 2 rings (SSSR count). The molecule has 0 saturated heterocycles. The predicted octanol–water partition coefficient (Wildman–Crippen LogP) is 1.64. The molecule has 5 heteroatoms. The molecule has 2 heterocycles. The van der Waals surface area contributed by atoms with Crippen molar-refractivity contribution in [3.8, 4) is 0 Å². The summed E-state index contributed by atoms with van der Waals surface area (Å²) in [7, 11) is 0. The summed E-state index contributed by atoms with van der Waals surface area (Å²) in [6.07, 6.45) is 5.02. The van der Waals surface area contributed by atoms with Crippen molar-refractivity contribution in [2.45, 2.75) is 6.54 Å². The van der Waals surface area contributed by atoms with E-state index in [9.17, 15) is 4.79 Å². The van der Waals surface area contributed by atoms with Crippen LogP contribution in [0.2, 0.25) is 0 Å². The van der Waals surface area contributed by atoms with Crippen LogP contribution in [0.25, 0.3) is 0 Å². The van der Waals surface area contributed by atoms with Crippen LogP contribution in [0, 0.1) is 0 Å². The third-order valence-electron chi connectivity index (χ3n) is 2.17. The summed E-state index contributed by atoms with van der Waals surface area (Å²) in [5, 5.41) is 0. The molecule has 0 aliphatic heterocycles. The average Bonchev–Trinajstić information content (AvgIpc) is 2.27. The molecule has 0 aliphatic carbocycles. The molecule has 0 spiro atoms. The Bertz CT molecular complexity index is 551. The maximum absolute atomic E-state index is 11.8. The lowest BCUT2D eigenvalue weighted by molar-refractivity contribution is 0.756. The Morgan fingerprint density at radius 1 is 1.38 bits per heavy atom. The molecular formula is C11H10BrN3O. The maximum Gasteiger partial charge on any atom is 0.265 e. The summed E-state index contributed by atoms with van der Waals surface area (Å²) in [5.41, 5.74) is 7.15. The van der Waals surface area contributed by atoms with Crippen LogP contribution in [0.4, 0.5) is 5.69 Å². The van der Waals surface area contributed by atoms with Gasteiger partial charge >= 0.3 is 0 Å². The summed E-state index contributed by atoms with van der Waals surface area (Å²) in [5.74, 6) is 0. The first-order valence-corrected chi connectivity index (χ1v) is 5.50. The summed E-state index contributed by atoms with van der Waals surface area (Å²) >= 11 is 3.18. The molecule has 0 radical (unpaired) electrons. The second kappa shape index (κ2) is 4.49. The molecule has 0 unspecified atom stereocenters. The minimum Gasteiger partial charge on any atom is -0.398 e. The van der Waals surface area contributed by atoms with Crippen molar-refractivity contribution in [3.05, 3.63) is 57.2 Å². The van der Waals surface area contributed by atoms with E-state index in [1.807, 2.05) is 12.1 Å². The van der Waals surface area contributed by atoms with Crippen LogP contribution < -0.4 is 11.3 Å². The number of rotatable bonds is 2. The Labute approximate surface area is 101 Å². The number of anilines is 1. The number of nitrogen functional groups attached to an aromatic ring is 1. The van der Waals surface area contributed by atoms with Gasteiger partial charge < -0.3 is 10.3 Å². The van der Waals surface area contributed by atoms with Gasteiger partial charge in [-0.15, -0.1) is 0 Å². The van der Waals surface area contributed by atoms with Gasteiger partial charge in [-0.1, -0.05) is 0 Å². The van der Waals surface area contributed by atoms with Crippen molar-refractivity contribution in [3.63, 3.8) is 0 Å². The van der Waals surface area contributed by atoms with Crippen molar-refractivity contribution >= 4 is 21.6 Å². The highest BCUT2D eigenvalue weighted by molar-refractivity contribution is 9.10. The Balaban J connectivity index is 2.39. The van der Waals surface area contributed by atoms with Crippen LogP contribution in [0.15, 0.2) is 46.1 Å². The van der Waals surface area contributed by atoms with Gasteiger partial charge in [0.25, 0.3) is 5.56 Å². The number of hydrogen-bond donors (Lipinski definition) is 1. The van der Waals surface area contributed by atoms with Crippen LogP contribution in [0.1, 0.15) is 5.56 Å². The SMILES string of the molecule is Nc1cc(Br)c(=O)n(Cc2ccncc2)c1. The highest BCUT2D eigenvalue weighted by Gasteiger charge is 2.03. The predicted molar refractivity (Wildman–Crippen MR) is 66.2 cm³/mol. The minimum absolute atomic E-state index is 0.0917. The maximum atomic E-state index is 11.8. The molecule has 2 N–H and O–H groups in total. The van der Waals surface area contributed by atoms with Crippen molar-refractivity contribution < 1.29 is 0 Å². The molecule has 82 valence electrons. The first-order chi connectivity index (χ1) is 7.66. The zero-order chi connectivity index (χ0) is 11.5. The Morgan fingerprint density at radius 3 is 2.75 bits per heavy atom. The van der Waals surface area contributed by atoms with Crippen LogP contribution >= 0.6 is 15.9 Å². The normalized spacial score (nSPS) is 10.3. The Morgan fingerprint density at radius 2 is 2.06 bits per heavy atom. The molecule has 0 amide bonds. The molecule has 2 aromatic rings. The van der Waals surface area contributed by atoms with Crippen molar-refractivity contribution in [1.29, 1.82) is 0 Å². The second-order valence-electron chi connectivity index (χ2n) is 3.41. The van der Waals surface area contributed by atoms with Gasteiger partial charge in [-0.25, -0.2) is 0 Å². The fraction of sp³-hybridized carbons (Fsp3) is 0.0909. The molecule has 0 aromatic carbocycles. The Kier molecular flexibility index (Phi) is 3.05. The number of pyridine rings is 2. The Hall–Kier alpha value is -1.62. The monoisotopic (exact) mass is 279 g/mol. The smallest absolute Gasteiger partial charge is 0.265 e. The number of aromatic nitrogens is 2. The second-order valence-corrected chi connectivity index (χ2v) is 4.26. The van der Waals surface area contributed by atoms with Crippen molar-refractivity contribution in [2.24, 2.45) is 0 Å². The van der Waals surface area contributed by atoms with Gasteiger partial charge in [0.05, 0.1) is 11.0 Å². The van der Waals surface area contributed by atoms with Gasteiger partial charge in [-0.2, -0.15) is 0 Å². The van der Waals surface area contributed by atoms with Crippen LogP contribution in [-0.4, -0.2) is 9.55 Å². The van der Waals surface area contributed by atoms with Crippen molar-refractivity contribution in [2.75, 3.05) is 5.73 Å². The molecule has 0 aliphatic rings. The van der Waals surface area contributed by atoms with E-state index in [0.717, 1.165) is 5.56 Å². The van der Waals surface area contributed by atoms with E-state index in [4.69, 9.17) is 5.73 Å². The van der Waals surface area contributed by atoms with Gasteiger partial charge in [-0.05, 0) is 39.7 Å². The van der Waals surface area contributed by atoms with E-state index >= 15 is 0 Å². The zero-order valence-corrected chi connectivity index (χ0v) is 10.0. The topological polar surface area (TPSA) is 60.9 Å². The summed E-state index contributed by atoms with van der Waals surface area (Å²) in [6.45, 7) is 0.491. The lowest BCUT2D eigenvalue weighted by Crippen LogP contribution is -2.21. The van der Waals surface area contributed by atoms with Gasteiger partial charge in [0.15, 0.2) is 0 Å². The number of nitrogens with two attached hydrogens (primary N) is 1. The van der Waals surface area contributed by atoms with E-state index in [-0.39, 0.29) is 5.56 Å². The summed E-state index contributed by atoms with van der Waals surface area (Å²) in [6, 6.07) is 5.33. The van der Waals surface area contributed by atoms with Crippen LogP contribution in [0.5, 0.6) is 0 Å². The van der Waals surface area contributed by atoms with E-state index in [1.54, 1.807) is 29.2 Å². The molecule has 0 bridgehead atoms. The minimum atomic E-state index is -0.0917. The van der Waals surface area contributed by atoms with Gasteiger partial charge in [0, 0.05) is 24.3 Å². The van der Waals surface area contributed by atoms with Crippen LogP contribution in [0.3, 0.4) is 0 Å². The number of nitrogens with zero attached hydrogens (tertiary/aromatic N) is 2. The lowest BCUT2D eigenvalue weighted by atomic mass is 10.2. The lowest BCUT2D eigenvalue weighted by Gasteiger charge is -2.07. The molecule has 0 fully saturated rings. The molecule has 16 heavy (non-hydrogen) atoms. The fourth-order valence-electron chi connectivity index (χ4n) is 1.42. The first kappa shape index (κ1) is 10.9. The molecule has 4 nitrogen and oxygen atoms in total. The summed E-state index contributed by atoms with van der Waals surface area (Å²) < 4.78 is 2.04. The molecule has 0 saturated carbocycles. The molecule has 2 aromatic heterocycles. The van der Waals surface area contributed by atoms with E-state index in [2.05, 4.69) is 20.9 Å². The summed E-state index contributed by atoms with van der Waals surface area (Å²) in [4.78, 5) is 15.7. The molecule has 0 atom stereocenters. The van der Waals surface area contributed by atoms with E-state index in [1.165, 1.54) is 0 Å². The van der Waals surface area contributed by atoms with Gasteiger partial charge in [0.1, 0.15) is 0 Å². The third kappa shape index (κ3) is 2.30. The number of halogens is 1. The van der Waals surface area contributed by atoms with E-state index in [0.29, 0.717) is 16.7 Å². The fourth-order valence-corrected chi connectivity index (χ4v) is 1.92. The first-order valence-electron chi connectivity index (χ1n) is 4.71. The third-order valence-corrected chi connectivity index (χ3v) is 2.73. The quantitative estimate of drug-likeness (QED) is 0.909. The largest absolute Gasteiger partial charge is 0.398 e. The highest BCUT2D eigenvalue weighted by atomic mass is 79.9. The van der Waals surface area contributed by atoms with E-state index < -0.39 is 0 Å². The average molecular weight is 280 g/mol. The standard InChI is InChI=1S/C11H10BrN3O/c12-10-5-9(13)7-15(11(10)16)6-8-1-3-14-4-2-8/h1-5,7H,6,13H2.